The Morgan fingerprint density at radius 3 is 2.46 bits per heavy atom. The number of carbonyl (C=O) groups excluding carboxylic acids is 2. The Balaban J connectivity index is 1.70. The van der Waals surface area contributed by atoms with E-state index >= 15 is 0 Å². The molecule has 0 aliphatic heterocycles. The molecule has 0 saturated carbocycles. The summed E-state index contributed by atoms with van der Waals surface area (Å²) >= 11 is 0. The SMILES string of the molecule is NC(=O)c1ccc(NC(=O)Cc2ccc3cc(N)ccc3n2)cc1. The van der Waals surface area contributed by atoms with Crippen LogP contribution in [0.1, 0.15) is 16.1 Å². The predicted octanol–water partition coefficient (Wildman–Crippen LogP) is 2.10. The largest absolute Gasteiger partial charge is 0.399 e. The van der Waals surface area contributed by atoms with Crippen molar-refractivity contribution in [3.8, 4) is 0 Å². The van der Waals surface area contributed by atoms with Gasteiger partial charge in [0.1, 0.15) is 0 Å². The Bertz CT molecular complexity index is 920. The molecule has 24 heavy (non-hydrogen) atoms. The number of benzene rings is 2. The Labute approximate surface area is 138 Å². The summed E-state index contributed by atoms with van der Waals surface area (Å²) in [4.78, 5) is 27.6. The van der Waals surface area contributed by atoms with E-state index in [9.17, 15) is 9.59 Å². The number of primary amides is 1. The molecule has 120 valence electrons. The number of hydrogen-bond donors (Lipinski definition) is 3. The van der Waals surface area contributed by atoms with E-state index in [2.05, 4.69) is 10.3 Å². The van der Waals surface area contributed by atoms with Crippen LogP contribution in [-0.2, 0) is 11.2 Å². The Morgan fingerprint density at radius 1 is 1.00 bits per heavy atom. The van der Waals surface area contributed by atoms with Crippen LogP contribution < -0.4 is 16.8 Å². The lowest BCUT2D eigenvalue weighted by Gasteiger charge is -2.06. The van der Waals surface area contributed by atoms with Crippen LogP contribution in [-0.4, -0.2) is 16.8 Å². The number of amides is 2. The molecule has 0 atom stereocenters. The molecule has 1 heterocycles. The number of rotatable bonds is 4. The molecule has 0 spiro atoms. The van der Waals surface area contributed by atoms with Gasteiger partial charge in [0.25, 0.3) is 0 Å². The second kappa shape index (κ2) is 6.37. The van der Waals surface area contributed by atoms with Crippen molar-refractivity contribution in [2.24, 2.45) is 5.73 Å². The molecule has 0 fully saturated rings. The molecule has 0 unspecified atom stereocenters. The summed E-state index contributed by atoms with van der Waals surface area (Å²) in [6.07, 6.45) is 0.151. The molecule has 2 amide bonds. The van der Waals surface area contributed by atoms with Gasteiger partial charge in [0.05, 0.1) is 17.6 Å². The van der Waals surface area contributed by atoms with Crippen LogP contribution in [0.4, 0.5) is 11.4 Å². The molecule has 1 aromatic heterocycles. The summed E-state index contributed by atoms with van der Waals surface area (Å²) in [7, 11) is 0. The number of hydrogen-bond acceptors (Lipinski definition) is 4. The highest BCUT2D eigenvalue weighted by atomic mass is 16.2. The van der Waals surface area contributed by atoms with Gasteiger partial charge in [-0.05, 0) is 48.5 Å². The van der Waals surface area contributed by atoms with Crippen molar-refractivity contribution >= 4 is 34.1 Å². The zero-order chi connectivity index (χ0) is 17.1. The van der Waals surface area contributed by atoms with Crippen molar-refractivity contribution in [2.75, 3.05) is 11.1 Å². The highest BCUT2D eigenvalue weighted by Gasteiger charge is 2.07. The quantitative estimate of drug-likeness (QED) is 0.639. The highest BCUT2D eigenvalue weighted by molar-refractivity contribution is 5.95. The maximum atomic E-state index is 12.1. The number of carbonyl (C=O) groups is 2. The van der Waals surface area contributed by atoms with Crippen LogP contribution in [0.5, 0.6) is 0 Å². The van der Waals surface area contributed by atoms with Crippen molar-refractivity contribution in [1.82, 2.24) is 4.98 Å². The number of nitrogens with two attached hydrogens (primary N) is 2. The van der Waals surface area contributed by atoms with Gasteiger partial charge in [-0.3, -0.25) is 14.6 Å². The third kappa shape index (κ3) is 3.49. The molecule has 5 N–H and O–H groups in total. The van der Waals surface area contributed by atoms with E-state index in [0.717, 1.165) is 10.9 Å². The lowest BCUT2D eigenvalue weighted by atomic mass is 10.1. The topological polar surface area (TPSA) is 111 Å². The van der Waals surface area contributed by atoms with Gasteiger partial charge in [0.15, 0.2) is 0 Å². The normalized spacial score (nSPS) is 10.5. The minimum absolute atomic E-state index is 0.151. The first-order chi connectivity index (χ1) is 11.5. The van der Waals surface area contributed by atoms with Gasteiger partial charge in [0.2, 0.25) is 11.8 Å². The Hall–Kier alpha value is -3.41. The van der Waals surface area contributed by atoms with E-state index in [1.54, 1.807) is 36.4 Å². The summed E-state index contributed by atoms with van der Waals surface area (Å²) in [5.74, 6) is -0.696. The predicted molar refractivity (Wildman–Crippen MR) is 93.4 cm³/mol. The van der Waals surface area contributed by atoms with Gasteiger partial charge < -0.3 is 16.8 Å². The van der Waals surface area contributed by atoms with Crippen molar-refractivity contribution in [2.45, 2.75) is 6.42 Å². The van der Waals surface area contributed by atoms with Crippen molar-refractivity contribution in [1.29, 1.82) is 0 Å². The molecular formula is C18H16N4O2. The highest BCUT2D eigenvalue weighted by Crippen LogP contribution is 2.16. The molecule has 3 aromatic rings. The van der Waals surface area contributed by atoms with Gasteiger partial charge in [-0.2, -0.15) is 0 Å². The van der Waals surface area contributed by atoms with Crippen LogP contribution in [0.3, 0.4) is 0 Å². The smallest absolute Gasteiger partial charge is 0.248 e. The molecule has 0 aliphatic rings. The molecule has 0 saturated heterocycles. The van der Waals surface area contributed by atoms with Crippen LogP contribution in [0, 0.1) is 0 Å². The van der Waals surface area contributed by atoms with E-state index < -0.39 is 5.91 Å². The Kier molecular flexibility index (Phi) is 4.11. The second-order valence-corrected chi connectivity index (χ2v) is 5.42. The van der Waals surface area contributed by atoms with Crippen LogP contribution in [0.15, 0.2) is 54.6 Å². The summed E-state index contributed by atoms with van der Waals surface area (Å²) < 4.78 is 0. The monoisotopic (exact) mass is 320 g/mol. The summed E-state index contributed by atoms with van der Waals surface area (Å²) in [5, 5.41) is 3.69. The third-order valence-corrected chi connectivity index (χ3v) is 3.57. The minimum Gasteiger partial charge on any atom is -0.399 e. The van der Waals surface area contributed by atoms with E-state index in [0.29, 0.717) is 22.6 Å². The zero-order valence-corrected chi connectivity index (χ0v) is 12.8. The molecule has 0 bridgehead atoms. The average molecular weight is 320 g/mol. The number of fused-ring (bicyclic) bond motifs is 1. The third-order valence-electron chi connectivity index (χ3n) is 3.57. The van der Waals surface area contributed by atoms with E-state index in [4.69, 9.17) is 11.5 Å². The molecule has 2 aromatic carbocycles. The second-order valence-electron chi connectivity index (χ2n) is 5.42. The molecular weight excluding hydrogens is 304 g/mol. The molecule has 6 heteroatoms. The number of pyridine rings is 1. The van der Waals surface area contributed by atoms with Crippen molar-refractivity contribution < 1.29 is 9.59 Å². The number of nitrogens with one attached hydrogen (secondary N) is 1. The lowest BCUT2D eigenvalue weighted by molar-refractivity contribution is -0.115. The van der Waals surface area contributed by atoms with Crippen molar-refractivity contribution in [3.05, 3.63) is 65.9 Å². The standard InChI is InChI=1S/C18H16N4O2/c19-13-4-8-16-12(9-13)3-7-15(21-16)10-17(23)22-14-5-1-11(2-6-14)18(20)24/h1-9H,10,19H2,(H2,20,24)(H,22,23). The van der Waals surface area contributed by atoms with Gasteiger partial charge in [-0.25, -0.2) is 0 Å². The summed E-state index contributed by atoms with van der Waals surface area (Å²) in [6, 6.07) is 15.5. The number of anilines is 2. The van der Waals surface area contributed by atoms with E-state index in [1.807, 2.05) is 18.2 Å². The van der Waals surface area contributed by atoms with E-state index in [1.165, 1.54) is 0 Å². The molecule has 0 aliphatic carbocycles. The first-order valence-electron chi connectivity index (χ1n) is 7.36. The fraction of sp³-hybridized carbons (Fsp3) is 0.0556. The Morgan fingerprint density at radius 2 is 1.75 bits per heavy atom. The fourth-order valence-corrected chi connectivity index (χ4v) is 2.37. The first kappa shape index (κ1) is 15.5. The summed E-state index contributed by atoms with van der Waals surface area (Å²) in [5.41, 5.74) is 14.0. The van der Waals surface area contributed by atoms with E-state index in [-0.39, 0.29) is 12.3 Å². The zero-order valence-electron chi connectivity index (χ0n) is 12.8. The first-order valence-corrected chi connectivity index (χ1v) is 7.36. The lowest BCUT2D eigenvalue weighted by Crippen LogP contribution is -2.15. The number of nitrogen functional groups attached to an aromatic ring is 1. The maximum absolute atomic E-state index is 12.1. The molecule has 6 nitrogen and oxygen atoms in total. The summed E-state index contributed by atoms with van der Waals surface area (Å²) in [6.45, 7) is 0. The average Bonchev–Trinajstić information content (AvgIpc) is 2.55. The van der Waals surface area contributed by atoms with Gasteiger partial charge in [0, 0.05) is 22.3 Å². The van der Waals surface area contributed by atoms with Crippen LogP contribution in [0.2, 0.25) is 0 Å². The van der Waals surface area contributed by atoms with Gasteiger partial charge in [-0.15, -0.1) is 0 Å². The van der Waals surface area contributed by atoms with Gasteiger partial charge in [-0.1, -0.05) is 6.07 Å². The fourth-order valence-electron chi connectivity index (χ4n) is 2.37. The van der Waals surface area contributed by atoms with Crippen LogP contribution in [0.25, 0.3) is 10.9 Å². The van der Waals surface area contributed by atoms with Crippen LogP contribution >= 0.6 is 0 Å². The minimum atomic E-state index is -0.506. The number of nitrogens with zero attached hydrogens (tertiary/aromatic N) is 1. The number of aromatic nitrogens is 1. The van der Waals surface area contributed by atoms with Crippen molar-refractivity contribution in [3.63, 3.8) is 0 Å². The maximum Gasteiger partial charge on any atom is 0.248 e. The van der Waals surface area contributed by atoms with Gasteiger partial charge >= 0.3 is 0 Å². The molecule has 3 rings (SSSR count). The molecule has 0 radical (unpaired) electrons.